The second-order valence-corrected chi connectivity index (χ2v) is 7.84. The molecule has 0 radical (unpaired) electrons. The number of rotatable bonds is 2. The van der Waals surface area contributed by atoms with E-state index in [0.29, 0.717) is 8.96 Å². The van der Waals surface area contributed by atoms with Crippen LogP contribution in [0.2, 0.25) is 0 Å². The van der Waals surface area contributed by atoms with E-state index in [1.54, 1.807) is 0 Å². The molecule has 0 atom stereocenters. The molecular weight excluding hydrogens is 132 g/mol. The molecule has 0 spiro atoms. The maximum atomic E-state index is 2.23. The topological polar surface area (TPSA) is 0 Å². The molecule has 0 aromatic rings. The summed E-state index contributed by atoms with van der Waals surface area (Å²) in [5, 5.41) is 0. The van der Waals surface area contributed by atoms with Crippen LogP contribution < -0.4 is 0 Å². The van der Waals surface area contributed by atoms with E-state index < -0.39 is 0 Å². The monoisotopic (exact) mass is 141 g/mol. The largest absolute Gasteiger partial charge is 0.123 e. The van der Waals surface area contributed by atoms with Crippen molar-refractivity contribution in [2.24, 2.45) is 0 Å². The fraction of sp³-hybridized carbons (Fsp3) is 1.00. The van der Waals surface area contributed by atoms with Crippen LogP contribution in [-0.4, -0.2) is 18.8 Å². The van der Waals surface area contributed by atoms with E-state index in [9.17, 15) is 0 Å². The van der Waals surface area contributed by atoms with E-state index in [1.807, 2.05) is 21.6 Å². The maximum Gasteiger partial charge on any atom is 0.123 e. The first kappa shape index (κ1) is 7.05. The molecule has 38 valence electrons. The highest BCUT2D eigenvalue weighted by Crippen LogP contribution is 2.19. The van der Waals surface area contributed by atoms with E-state index in [1.165, 1.54) is 0 Å². The molecule has 0 rings (SSSR count). The molecule has 0 saturated heterocycles. The Bertz CT molecular complexity index is 25.2. The van der Waals surface area contributed by atoms with E-state index in [4.69, 9.17) is 0 Å². The summed E-state index contributed by atoms with van der Waals surface area (Å²) in [7, 11) is 4.38. The Morgan fingerprint density at radius 1 is 1.17 bits per heavy atom. The van der Waals surface area contributed by atoms with Gasteiger partial charge >= 0.3 is 0 Å². The normalized spacial score (nSPS) is 10.0. The van der Waals surface area contributed by atoms with Crippen molar-refractivity contribution < 1.29 is 0 Å². The smallest absolute Gasteiger partial charge is 0.0329 e. The molecule has 0 unspecified atom stereocenters. The maximum absolute atomic E-state index is 2.23. The van der Waals surface area contributed by atoms with Crippen molar-refractivity contribution in [2.75, 3.05) is 18.8 Å². The predicted octanol–water partition coefficient (Wildman–Crippen LogP) is 1.79. The van der Waals surface area contributed by atoms with Crippen molar-refractivity contribution in [1.82, 2.24) is 0 Å². The highest BCUT2D eigenvalue weighted by atomic mass is 33.5. The van der Waals surface area contributed by atoms with Gasteiger partial charge in [-0.15, -0.1) is 0 Å². The Morgan fingerprint density at radius 2 is 1.50 bits per heavy atom. The third-order valence-electron chi connectivity index (χ3n) is 0.469. The second kappa shape index (κ2) is 4.22. The van der Waals surface area contributed by atoms with Gasteiger partial charge in [-0.05, 0) is 0 Å². The summed E-state index contributed by atoms with van der Waals surface area (Å²) in [4.78, 5) is 0. The van der Waals surface area contributed by atoms with Gasteiger partial charge in [0.15, 0.2) is 0 Å². The summed E-state index contributed by atoms with van der Waals surface area (Å²) in [6, 6.07) is 0. The average Bonchev–Trinajstić information content (AvgIpc) is 1.65. The van der Waals surface area contributed by atoms with Crippen LogP contribution in [0, 0.1) is 0 Å². The van der Waals surface area contributed by atoms with Gasteiger partial charge in [-0.3, -0.25) is 0 Å². The molecule has 0 saturated carbocycles. The van der Waals surface area contributed by atoms with Gasteiger partial charge in [0, 0.05) is 12.5 Å². The Kier molecular flexibility index (Phi) is 4.95. The minimum Gasteiger partial charge on any atom is 0.0329 e. The average molecular weight is 141 g/mol. The fourth-order valence-electron chi connectivity index (χ4n) is 0.0680. The van der Waals surface area contributed by atoms with Crippen molar-refractivity contribution in [3.63, 3.8) is 0 Å². The quantitative estimate of drug-likeness (QED) is 0.425. The van der Waals surface area contributed by atoms with Gasteiger partial charge in [0.2, 0.25) is 0 Å². The molecule has 0 aromatic heterocycles. The van der Waals surface area contributed by atoms with Crippen LogP contribution in [0.25, 0.3) is 0 Å². The van der Waals surface area contributed by atoms with Crippen molar-refractivity contribution >= 4 is 30.5 Å². The molecule has 6 heavy (non-hydrogen) atoms. The van der Waals surface area contributed by atoms with Gasteiger partial charge in [0.1, 0.15) is 36.8 Å². The SMILES string of the molecule is CS[S+](C)SC. The highest BCUT2D eigenvalue weighted by Gasteiger charge is 2.04. The molecule has 3 heteroatoms. The van der Waals surface area contributed by atoms with Crippen LogP contribution in [0.5, 0.6) is 0 Å². The summed E-state index contributed by atoms with van der Waals surface area (Å²) in [6.45, 7) is 0. The molecule has 0 aliphatic rings. The first-order chi connectivity index (χ1) is 2.81. The standard InChI is InChI=1S/C3H9S3/c1-4-6(3)5-2/h1-3H3/q+1. The summed E-state index contributed by atoms with van der Waals surface area (Å²) in [5.74, 6) is 0. The Morgan fingerprint density at radius 3 is 1.50 bits per heavy atom. The molecular formula is C3H9S3+. The minimum atomic E-state index is 0.549. The Labute approximate surface area is 49.6 Å². The lowest BCUT2D eigenvalue weighted by Crippen LogP contribution is -1.77. The summed E-state index contributed by atoms with van der Waals surface area (Å²) < 4.78 is 0. The van der Waals surface area contributed by atoms with Crippen LogP contribution in [-0.2, 0) is 8.96 Å². The highest BCUT2D eigenvalue weighted by molar-refractivity contribution is 9.06. The zero-order valence-corrected chi connectivity index (χ0v) is 6.67. The van der Waals surface area contributed by atoms with Gasteiger partial charge in [-0.2, -0.15) is 0 Å². The van der Waals surface area contributed by atoms with Gasteiger partial charge in [-0.1, -0.05) is 0 Å². The van der Waals surface area contributed by atoms with Gasteiger partial charge in [0.05, 0.1) is 0 Å². The van der Waals surface area contributed by atoms with Crippen LogP contribution in [0.1, 0.15) is 0 Å². The van der Waals surface area contributed by atoms with E-state index in [2.05, 4.69) is 18.8 Å². The molecule has 0 nitrogen and oxygen atoms in total. The number of hydrogen-bond donors (Lipinski definition) is 0. The van der Waals surface area contributed by atoms with Crippen LogP contribution in [0.3, 0.4) is 0 Å². The van der Waals surface area contributed by atoms with Gasteiger partial charge in [0.25, 0.3) is 0 Å². The van der Waals surface area contributed by atoms with E-state index >= 15 is 0 Å². The first-order valence-electron chi connectivity index (χ1n) is 1.56. The molecule has 0 heterocycles. The molecule has 0 N–H and O–H groups in total. The third kappa shape index (κ3) is 3.25. The number of hydrogen-bond acceptors (Lipinski definition) is 2. The molecule has 0 aliphatic heterocycles. The summed E-state index contributed by atoms with van der Waals surface area (Å²) >= 11 is 0. The first-order valence-corrected chi connectivity index (χ1v) is 6.67. The van der Waals surface area contributed by atoms with Crippen molar-refractivity contribution in [3.05, 3.63) is 0 Å². The van der Waals surface area contributed by atoms with Crippen molar-refractivity contribution in [1.29, 1.82) is 0 Å². The van der Waals surface area contributed by atoms with Crippen LogP contribution >= 0.6 is 21.6 Å². The van der Waals surface area contributed by atoms with Crippen LogP contribution in [0.15, 0.2) is 0 Å². The van der Waals surface area contributed by atoms with Gasteiger partial charge in [-0.25, -0.2) is 0 Å². The lowest BCUT2D eigenvalue weighted by Gasteiger charge is -1.83. The molecule has 0 fully saturated rings. The van der Waals surface area contributed by atoms with Crippen LogP contribution in [0.4, 0.5) is 0 Å². The lowest BCUT2D eigenvalue weighted by molar-refractivity contribution is 2.47. The minimum absolute atomic E-state index is 0.549. The molecule has 0 amide bonds. The Balaban J connectivity index is 2.75. The van der Waals surface area contributed by atoms with E-state index in [0.717, 1.165) is 0 Å². The predicted molar refractivity (Wildman–Crippen MR) is 40.3 cm³/mol. The Hall–Kier alpha value is 1.05. The second-order valence-electron chi connectivity index (χ2n) is 0.735. The molecule has 0 aliphatic carbocycles. The molecule has 0 aromatic carbocycles. The van der Waals surface area contributed by atoms with E-state index in [-0.39, 0.29) is 0 Å². The third-order valence-corrected chi connectivity index (χ3v) is 6.67. The van der Waals surface area contributed by atoms with Crippen molar-refractivity contribution in [2.45, 2.75) is 0 Å². The zero-order chi connectivity index (χ0) is 4.99. The molecule has 0 bridgehead atoms. The van der Waals surface area contributed by atoms with Gasteiger partial charge < -0.3 is 0 Å². The van der Waals surface area contributed by atoms with Crippen molar-refractivity contribution in [3.8, 4) is 0 Å². The fourth-order valence-corrected chi connectivity index (χ4v) is 1.84. The lowest BCUT2D eigenvalue weighted by atomic mass is 12.0. The summed E-state index contributed by atoms with van der Waals surface area (Å²) in [6.07, 6.45) is 6.51. The zero-order valence-electron chi connectivity index (χ0n) is 4.22. The summed E-state index contributed by atoms with van der Waals surface area (Å²) in [5.41, 5.74) is 0.